The van der Waals surface area contributed by atoms with Crippen molar-refractivity contribution in [3.05, 3.63) is 30.1 Å². The van der Waals surface area contributed by atoms with Gasteiger partial charge in [0.15, 0.2) is 0 Å². The maximum atomic E-state index is 4.07. The minimum atomic E-state index is 0.815. The van der Waals surface area contributed by atoms with E-state index >= 15 is 0 Å². The van der Waals surface area contributed by atoms with Gasteiger partial charge in [0.05, 0.1) is 0 Å². The zero-order valence-electron chi connectivity index (χ0n) is 9.02. The standard InChI is InChI=1S/C13H18N2/c1-2-13-9-11(8-12(1)15-13)7-10-3-5-14-6-4-10/h3-6,11-13,15H,1-2,7-9H2/t11?,12-,13+. The molecule has 2 aliphatic heterocycles. The number of aromatic nitrogens is 1. The summed E-state index contributed by atoms with van der Waals surface area (Å²) in [5.74, 6) is 0.895. The van der Waals surface area contributed by atoms with E-state index in [9.17, 15) is 0 Å². The topological polar surface area (TPSA) is 24.9 Å². The SMILES string of the molecule is c1cc(CC2C[C@H]3CC[C@@H](C2)N3)ccn1. The highest BCUT2D eigenvalue weighted by Gasteiger charge is 2.33. The molecule has 1 aromatic heterocycles. The van der Waals surface area contributed by atoms with Gasteiger partial charge in [-0.05, 0) is 55.7 Å². The number of hydrogen-bond donors (Lipinski definition) is 1. The van der Waals surface area contributed by atoms with E-state index in [-0.39, 0.29) is 0 Å². The van der Waals surface area contributed by atoms with Gasteiger partial charge in [0, 0.05) is 24.5 Å². The van der Waals surface area contributed by atoms with Gasteiger partial charge in [-0.25, -0.2) is 0 Å². The van der Waals surface area contributed by atoms with E-state index in [1.54, 1.807) is 0 Å². The summed E-state index contributed by atoms with van der Waals surface area (Å²) in [7, 11) is 0. The third-order valence-corrected chi connectivity index (χ3v) is 3.84. The fourth-order valence-electron chi connectivity index (χ4n) is 3.19. The van der Waals surface area contributed by atoms with Crippen molar-refractivity contribution < 1.29 is 0 Å². The van der Waals surface area contributed by atoms with Crippen molar-refractivity contribution in [3.63, 3.8) is 0 Å². The molecule has 2 saturated heterocycles. The highest BCUT2D eigenvalue weighted by Crippen LogP contribution is 2.32. The Morgan fingerprint density at radius 1 is 1.13 bits per heavy atom. The van der Waals surface area contributed by atoms with Gasteiger partial charge in [0.1, 0.15) is 0 Å². The van der Waals surface area contributed by atoms with Gasteiger partial charge in [-0.3, -0.25) is 4.98 Å². The minimum absolute atomic E-state index is 0.815. The summed E-state index contributed by atoms with van der Waals surface area (Å²) < 4.78 is 0. The number of fused-ring (bicyclic) bond motifs is 2. The first kappa shape index (κ1) is 9.34. The van der Waals surface area contributed by atoms with Gasteiger partial charge in [-0.15, -0.1) is 0 Å². The molecule has 1 N–H and O–H groups in total. The minimum Gasteiger partial charge on any atom is -0.311 e. The van der Waals surface area contributed by atoms with E-state index in [0.29, 0.717) is 0 Å². The van der Waals surface area contributed by atoms with Crippen molar-refractivity contribution in [2.45, 2.75) is 44.2 Å². The second-order valence-electron chi connectivity index (χ2n) is 5.03. The molecular formula is C13H18N2. The van der Waals surface area contributed by atoms with Crippen molar-refractivity contribution in [1.29, 1.82) is 0 Å². The van der Waals surface area contributed by atoms with E-state index in [0.717, 1.165) is 18.0 Å². The van der Waals surface area contributed by atoms with Gasteiger partial charge in [0.2, 0.25) is 0 Å². The van der Waals surface area contributed by atoms with Crippen molar-refractivity contribution in [2.24, 2.45) is 5.92 Å². The van der Waals surface area contributed by atoms with Gasteiger partial charge in [0.25, 0.3) is 0 Å². The quantitative estimate of drug-likeness (QED) is 0.795. The van der Waals surface area contributed by atoms with Crippen molar-refractivity contribution in [3.8, 4) is 0 Å². The Hall–Kier alpha value is -0.890. The summed E-state index contributed by atoms with van der Waals surface area (Å²) in [6.45, 7) is 0. The van der Waals surface area contributed by atoms with Crippen LogP contribution in [0.15, 0.2) is 24.5 Å². The second kappa shape index (κ2) is 3.93. The Bertz CT molecular complexity index is 311. The zero-order valence-corrected chi connectivity index (χ0v) is 9.02. The molecule has 0 spiro atoms. The fraction of sp³-hybridized carbons (Fsp3) is 0.615. The van der Waals surface area contributed by atoms with Crippen LogP contribution in [0.3, 0.4) is 0 Å². The normalized spacial score (nSPS) is 34.3. The number of pyridine rings is 1. The van der Waals surface area contributed by atoms with E-state index in [4.69, 9.17) is 0 Å². The van der Waals surface area contributed by atoms with Crippen LogP contribution in [0.25, 0.3) is 0 Å². The first-order valence-electron chi connectivity index (χ1n) is 6.05. The van der Waals surface area contributed by atoms with E-state index in [1.165, 1.54) is 37.7 Å². The molecule has 0 amide bonds. The predicted octanol–water partition coefficient (Wildman–Crippen LogP) is 2.15. The van der Waals surface area contributed by atoms with Crippen LogP contribution in [0, 0.1) is 5.92 Å². The maximum Gasteiger partial charge on any atom is 0.0270 e. The summed E-state index contributed by atoms with van der Waals surface area (Å²) in [6.07, 6.45) is 10.6. The predicted molar refractivity (Wildman–Crippen MR) is 60.6 cm³/mol. The molecule has 3 rings (SSSR count). The first-order chi connectivity index (χ1) is 7.40. The smallest absolute Gasteiger partial charge is 0.0270 e. The summed E-state index contributed by atoms with van der Waals surface area (Å²) in [6, 6.07) is 5.94. The molecule has 1 aromatic rings. The number of nitrogens with one attached hydrogen (secondary N) is 1. The third kappa shape index (κ3) is 2.05. The van der Waals surface area contributed by atoms with Crippen molar-refractivity contribution in [1.82, 2.24) is 10.3 Å². The molecule has 0 radical (unpaired) electrons. The first-order valence-corrected chi connectivity index (χ1v) is 6.05. The monoisotopic (exact) mass is 202 g/mol. The Morgan fingerprint density at radius 3 is 2.47 bits per heavy atom. The molecule has 2 nitrogen and oxygen atoms in total. The second-order valence-corrected chi connectivity index (χ2v) is 5.03. The van der Waals surface area contributed by atoms with Gasteiger partial charge in [-0.1, -0.05) is 0 Å². The molecular weight excluding hydrogens is 184 g/mol. The molecule has 0 saturated carbocycles. The largest absolute Gasteiger partial charge is 0.311 e. The van der Waals surface area contributed by atoms with E-state index < -0.39 is 0 Å². The number of nitrogens with zero attached hydrogens (tertiary/aromatic N) is 1. The molecule has 2 heteroatoms. The summed E-state index contributed by atoms with van der Waals surface area (Å²) >= 11 is 0. The van der Waals surface area contributed by atoms with E-state index in [1.807, 2.05) is 12.4 Å². The van der Waals surface area contributed by atoms with Crippen molar-refractivity contribution >= 4 is 0 Å². The average Bonchev–Trinajstić information content (AvgIpc) is 2.60. The molecule has 2 bridgehead atoms. The molecule has 2 aliphatic rings. The number of hydrogen-bond acceptors (Lipinski definition) is 2. The number of piperidine rings is 1. The molecule has 15 heavy (non-hydrogen) atoms. The lowest BCUT2D eigenvalue weighted by atomic mass is 9.87. The Kier molecular flexibility index (Phi) is 2.45. The molecule has 80 valence electrons. The lowest BCUT2D eigenvalue weighted by Gasteiger charge is -2.29. The molecule has 0 aromatic carbocycles. The van der Waals surface area contributed by atoms with Crippen LogP contribution in [0.5, 0.6) is 0 Å². The molecule has 3 atom stereocenters. The maximum absolute atomic E-state index is 4.07. The van der Waals surface area contributed by atoms with Crippen LogP contribution in [0.2, 0.25) is 0 Å². The lowest BCUT2D eigenvalue weighted by molar-refractivity contribution is 0.298. The molecule has 3 heterocycles. The van der Waals surface area contributed by atoms with Gasteiger partial charge in [-0.2, -0.15) is 0 Å². The van der Waals surface area contributed by atoms with Crippen LogP contribution in [-0.2, 0) is 6.42 Å². The Morgan fingerprint density at radius 2 is 1.80 bits per heavy atom. The van der Waals surface area contributed by atoms with E-state index in [2.05, 4.69) is 22.4 Å². The zero-order chi connectivity index (χ0) is 10.1. The summed E-state index contributed by atoms with van der Waals surface area (Å²) in [4.78, 5) is 4.07. The number of rotatable bonds is 2. The van der Waals surface area contributed by atoms with Crippen LogP contribution in [0.4, 0.5) is 0 Å². The van der Waals surface area contributed by atoms with Gasteiger partial charge < -0.3 is 5.32 Å². The van der Waals surface area contributed by atoms with Gasteiger partial charge >= 0.3 is 0 Å². The summed E-state index contributed by atoms with van der Waals surface area (Å²) in [5.41, 5.74) is 1.45. The molecule has 2 fully saturated rings. The fourth-order valence-corrected chi connectivity index (χ4v) is 3.19. The third-order valence-electron chi connectivity index (χ3n) is 3.84. The molecule has 1 unspecified atom stereocenters. The van der Waals surface area contributed by atoms with Crippen LogP contribution >= 0.6 is 0 Å². The lowest BCUT2D eigenvalue weighted by Crippen LogP contribution is -2.38. The average molecular weight is 202 g/mol. The Balaban J connectivity index is 1.65. The highest BCUT2D eigenvalue weighted by molar-refractivity contribution is 5.11. The van der Waals surface area contributed by atoms with Crippen LogP contribution in [0.1, 0.15) is 31.2 Å². The molecule has 0 aliphatic carbocycles. The Labute approximate surface area is 91.1 Å². The van der Waals surface area contributed by atoms with Crippen LogP contribution < -0.4 is 5.32 Å². The summed E-state index contributed by atoms with van der Waals surface area (Å²) in [5, 5.41) is 3.69. The van der Waals surface area contributed by atoms with Crippen LogP contribution in [-0.4, -0.2) is 17.1 Å². The van der Waals surface area contributed by atoms with Crippen molar-refractivity contribution in [2.75, 3.05) is 0 Å². The highest BCUT2D eigenvalue weighted by atomic mass is 15.0.